The second kappa shape index (κ2) is 9.40. The molecule has 0 aliphatic heterocycles. The van der Waals surface area contributed by atoms with Gasteiger partial charge in [0.1, 0.15) is 12.3 Å². The largest absolute Gasteiger partial charge is 0.328 e. The molecule has 2 aliphatic carbocycles. The average molecular weight is 279 g/mol. The van der Waals surface area contributed by atoms with Crippen LogP contribution < -0.4 is 11.5 Å². The van der Waals surface area contributed by atoms with Crippen molar-refractivity contribution in [3.63, 3.8) is 0 Å². The summed E-state index contributed by atoms with van der Waals surface area (Å²) in [7, 11) is 0. The van der Waals surface area contributed by atoms with Crippen molar-refractivity contribution in [2.75, 3.05) is 0 Å². The Balaban J connectivity index is 0. The maximum absolute atomic E-state index is 12.1. The molecule has 0 saturated heterocycles. The number of nitrogens with two attached hydrogens (primary N) is 2. The van der Waals surface area contributed by atoms with Gasteiger partial charge in [-0.2, -0.15) is 0 Å². The van der Waals surface area contributed by atoms with E-state index in [1.807, 2.05) is 0 Å². The first kappa shape index (κ1) is 18.7. The van der Waals surface area contributed by atoms with E-state index in [4.69, 9.17) is 11.5 Å². The van der Waals surface area contributed by atoms with Gasteiger partial charge in [0.2, 0.25) is 0 Å². The lowest BCUT2D eigenvalue weighted by molar-refractivity contribution is 0.339. The summed E-state index contributed by atoms with van der Waals surface area (Å²) in [6.07, 6.45) is 3.08. The topological polar surface area (TPSA) is 52.0 Å². The van der Waals surface area contributed by atoms with E-state index >= 15 is 0 Å². The lowest BCUT2D eigenvalue weighted by atomic mass is 10.3. The van der Waals surface area contributed by atoms with Crippen LogP contribution in [-0.4, -0.2) is 24.4 Å². The smallest absolute Gasteiger partial charge is 0.102 e. The van der Waals surface area contributed by atoms with Crippen molar-refractivity contribution in [3.05, 3.63) is 0 Å². The molecular formula is C10H22Cl2F2N2. The molecule has 2 nitrogen and oxygen atoms in total. The van der Waals surface area contributed by atoms with Crippen molar-refractivity contribution in [1.82, 2.24) is 0 Å². The number of hydrogen-bond acceptors (Lipinski definition) is 2. The zero-order valence-electron chi connectivity index (χ0n) is 9.28. The van der Waals surface area contributed by atoms with Gasteiger partial charge in [0.15, 0.2) is 0 Å². The molecular weight excluding hydrogens is 257 g/mol. The Morgan fingerprint density at radius 1 is 0.688 bits per heavy atom. The molecule has 0 radical (unpaired) electrons. The van der Waals surface area contributed by atoms with Gasteiger partial charge < -0.3 is 11.5 Å². The van der Waals surface area contributed by atoms with E-state index in [-0.39, 0.29) is 36.9 Å². The Bertz CT molecular complexity index is 141. The Hall–Kier alpha value is 0.360. The van der Waals surface area contributed by atoms with Gasteiger partial charge in [-0.05, 0) is 38.5 Å². The summed E-state index contributed by atoms with van der Waals surface area (Å²) in [4.78, 5) is 0. The van der Waals surface area contributed by atoms with Crippen molar-refractivity contribution in [2.45, 2.75) is 63.0 Å². The highest BCUT2D eigenvalue weighted by Crippen LogP contribution is 2.19. The number of halogens is 4. The monoisotopic (exact) mass is 278 g/mol. The van der Waals surface area contributed by atoms with Gasteiger partial charge in [0, 0.05) is 12.1 Å². The summed E-state index contributed by atoms with van der Waals surface area (Å²) in [5, 5.41) is 0. The molecule has 2 rings (SSSR count). The maximum atomic E-state index is 12.1. The zero-order chi connectivity index (χ0) is 10.6. The molecule has 4 N–H and O–H groups in total. The van der Waals surface area contributed by atoms with Crippen LogP contribution in [0.25, 0.3) is 0 Å². The number of hydrogen-bond donors (Lipinski definition) is 2. The predicted molar refractivity (Wildman–Crippen MR) is 67.9 cm³/mol. The first-order chi connectivity index (χ1) is 6.58. The van der Waals surface area contributed by atoms with Crippen LogP contribution in [0, 0.1) is 0 Å². The molecule has 0 unspecified atom stereocenters. The Morgan fingerprint density at radius 3 is 1.06 bits per heavy atom. The van der Waals surface area contributed by atoms with Crippen LogP contribution in [0.2, 0.25) is 0 Å². The fourth-order valence-electron chi connectivity index (χ4n) is 1.92. The first-order valence-corrected chi connectivity index (χ1v) is 5.37. The fraction of sp³-hybridized carbons (Fsp3) is 1.00. The Labute approximate surface area is 108 Å². The molecule has 2 fully saturated rings. The number of rotatable bonds is 0. The minimum absolute atomic E-state index is 0. The molecule has 0 aromatic rings. The zero-order valence-corrected chi connectivity index (χ0v) is 10.9. The highest BCUT2D eigenvalue weighted by Gasteiger charge is 2.20. The highest BCUT2D eigenvalue weighted by atomic mass is 35.5. The van der Waals surface area contributed by atoms with Gasteiger partial charge in [-0.1, -0.05) is 0 Å². The van der Waals surface area contributed by atoms with E-state index < -0.39 is 12.3 Å². The third kappa shape index (κ3) is 7.60. The molecule has 0 bridgehead atoms. The van der Waals surface area contributed by atoms with Crippen molar-refractivity contribution in [2.24, 2.45) is 11.5 Å². The highest BCUT2D eigenvalue weighted by molar-refractivity contribution is 5.85. The van der Waals surface area contributed by atoms with E-state index in [1.165, 1.54) is 0 Å². The molecule has 16 heavy (non-hydrogen) atoms. The van der Waals surface area contributed by atoms with E-state index in [9.17, 15) is 8.78 Å². The molecule has 2 aliphatic rings. The molecule has 0 aromatic carbocycles. The maximum Gasteiger partial charge on any atom is 0.102 e. The molecule has 2 saturated carbocycles. The Morgan fingerprint density at radius 2 is 1.00 bits per heavy atom. The number of alkyl halides is 2. The third-order valence-electron chi connectivity index (χ3n) is 2.82. The lowest BCUT2D eigenvalue weighted by Gasteiger charge is -1.94. The third-order valence-corrected chi connectivity index (χ3v) is 2.82. The van der Waals surface area contributed by atoms with Gasteiger partial charge in [0.05, 0.1) is 0 Å². The summed E-state index contributed by atoms with van der Waals surface area (Å²) >= 11 is 0. The molecule has 0 aromatic heterocycles. The van der Waals surface area contributed by atoms with Gasteiger partial charge in [-0.3, -0.25) is 0 Å². The van der Waals surface area contributed by atoms with Crippen LogP contribution in [0.4, 0.5) is 8.78 Å². The van der Waals surface area contributed by atoms with Gasteiger partial charge in [-0.15, -0.1) is 24.8 Å². The van der Waals surface area contributed by atoms with Crippen LogP contribution in [0.15, 0.2) is 0 Å². The van der Waals surface area contributed by atoms with Crippen LogP contribution in [0.3, 0.4) is 0 Å². The first-order valence-electron chi connectivity index (χ1n) is 5.37. The normalized spacial score (nSPS) is 36.8. The second-order valence-corrected chi connectivity index (χ2v) is 4.34. The predicted octanol–water partition coefficient (Wildman–Crippen LogP) is 2.52. The SMILES string of the molecule is Cl.Cl.N[C@@H]1CC[C@H](F)C1.N[C@H]1CC[C@@H](F)C1. The fourth-order valence-corrected chi connectivity index (χ4v) is 1.92. The second-order valence-electron chi connectivity index (χ2n) is 4.34. The molecule has 0 heterocycles. The Kier molecular flexibility index (Phi) is 11.0. The lowest BCUT2D eigenvalue weighted by Crippen LogP contribution is -2.14. The van der Waals surface area contributed by atoms with Crippen molar-refractivity contribution < 1.29 is 8.78 Å². The van der Waals surface area contributed by atoms with E-state index in [0.29, 0.717) is 25.7 Å². The molecule has 0 amide bonds. The standard InChI is InChI=1S/2C5H10FN.2ClH/c2*6-4-1-2-5(7)3-4;;/h2*4-5H,1-3,7H2;2*1H/t2*4-,5+;;/m10../s1. The summed E-state index contributed by atoms with van der Waals surface area (Å²) in [5.41, 5.74) is 10.8. The molecule has 0 spiro atoms. The van der Waals surface area contributed by atoms with Crippen LogP contribution in [0.1, 0.15) is 38.5 Å². The molecule has 4 atom stereocenters. The summed E-state index contributed by atoms with van der Waals surface area (Å²) in [6, 6.07) is 0.296. The van der Waals surface area contributed by atoms with Gasteiger partial charge >= 0.3 is 0 Å². The quantitative estimate of drug-likeness (QED) is 0.716. The minimum Gasteiger partial charge on any atom is -0.328 e. The van der Waals surface area contributed by atoms with Crippen molar-refractivity contribution in [3.8, 4) is 0 Å². The summed E-state index contributed by atoms with van der Waals surface area (Å²) in [5.74, 6) is 0. The summed E-state index contributed by atoms with van der Waals surface area (Å²) < 4.78 is 24.2. The van der Waals surface area contributed by atoms with Gasteiger partial charge in [-0.25, -0.2) is 8.78 Å². The van der Waals surface area contributed by atoms with Crippen LogP contribution in [0.5, 0.6) is 0 Å². The van der Waals surface area contributed by atoms with Crippen molar-refractivity contribution in [1.29, 1.82) is 0 Å². The minimum atomic E-state index is -0.602. The van der Waals surface area contributed by atoms with Crippen LogP contribution >= 0.6 is 24.8 Å². The molecule has 100 valence electrons. The van der Waals surface area contributed by atoms with Gasteiger partial charge in [0.25, 0.3) is 0 Å². The van der Waals surface area contributed by atoms with Crippen LogP contribution in [-0.2, 0) is 0 Å². The van der Waals surface area contributed by atoms with E-state index in [0.717, 1.165) is 12.8 Å². The average Bonchev–Trinajstić information content (AvgIpc) is 2.63. The molecule has 6 heteroatoms. The van der Waals surface area contributed by atoms with E-state index in [2.05, 4.69) is 0 Å². The van der Waals surface area contributed by atoms with Crippen molar-refractivity contribution >= 4 is 24.8 Å². The van der Waals surface area contributed by atoms with E-state index in [1.54, 1.807) is 0 Å². The summed E-state index contributed by atoms with van der Waals surface area (Å²) in [6.45, 7) is 0.